The zero-order valence-corrected chi connectivity index (χ0v) is 13.8. The highest BCUT2D eigenvalue weighted by Gasteiger charge is 2.27. The number of benzene rings is 1. The fraction of sp³-hybridized carbons (Fsp3) is 0.455. The summed E-state index contributed by atoms with van der Waals surface area (Å²) in [5.74, 6) is -1.49. The summed E-state index contributed by atoms with van der Waals surface area (Å²) in [5, 5.41) is 8.95. The number of sulfonamides is 1. The quantitative estimate of drug-likeness (QED) is 0.804. The molecule has 21 heavy (non-hydrogen) atoms. The van der Waals surface area contributed by atoms with Crippen molar-refractivity contribution in [1.82, 2.24) is 4.31 Å². The Kier molecular flexibility index (Phi) is 5.73. The minimum atomic E-state index is -4.25. The summed E-state index contributed by atoms with van der Waals surface area (Å²) in [4.78, 5) is -0.699. The molecule has 0 heterocycles. The fourth-order valence-corrected chi connectivity index (χ4v) is 3.83. The number of aliphatic hydroxyl groups excluding tert-OH is 1. The maximum absolute atomic E-state index is 14.0. The third-order valence-corrected chi connectivity index (χ3v) is 5.71. The predicted octanol–water partition coefficient (Wildman–Crippen LogP) is 0.637. The zero-order chi connectivity index (χ0) is 16.4. The predicted molar refractivity (Wildman–Crippen MR) is 76.9 cm³/mol. The molecule has 1 rings (SSSR count). The first-order valence-electron chi connectivity index (χ1n) is 5.72. The van der Waals surface area contributed by atoms with Crippen molar-refractivity contribution in [2.75, 3.05) is 25.6 Å². The van der Waals surface area contributed by atoms with Crippen LogP contribution >= 0.6 is 11.6 Å². The lowest BCUT2D eigenvalue weighted by molar-refractivity contribution is 0.274. The highest BCUT2D eigenvalue weighted by Crippen LogP contribution is 2.25. The van der Waals surface area contributed by atoms with E-state index in [-0.39, 0.29) is 17.1 Å². The minimum Gasteiger partial charge on any atom is -0.392 e. The van der Waals surface area contributed by atoms with Crippen LogP contribution in [0.5, 0.6) is 0 Å². The van der Waals surface area contributed by atoms with Crippen molar-refractivity contribution in [3.05, 3.63) is 28.5 Å². The maximum atomic E-state index is 14.0. The van der Waals surface area contributed by atoms with Crippen LogP contribution in [0, 0.1) is 5.82 Å². The summed E-state index contributed by atoms with van der Waals surface area (Å²) in [5.41, 5.74) is -0.252. The van der Waals surface area contributed by atoms with Crippen molar-refractivity contribution in [1.29, 1.82) is 0 Å². The van der Waals surface area contributed by atoms with E-state index in [0.29, 0.717) is 0 Å². The van der Waals surface area contributed by atoms with E-state index >= 15 is 0 Å². The fourth-order valence-electron chi connectivity index (χ4n) is 1.50. The van der Waals surface area contributed by atoms with Gasteiger partial charge in [0.1, 0.15) is 20.5 Å². The van der Waals surface area contributed by atoms with E-state index < -0.39 is 42.9 Å². The Morgan fingerprint density at radius 3 is 2.33 bits per heavy atom. The number of rotatable bonds is 6. The van der Waals surface area contributed by atoms with Crippen molar-refractivity contribution in [2.45, 2.75) is 11.5 Å². The number of nitrogens with zero attached hydrogens (tertiary/aromatic N) is 1. The number of sulfone groups is 1. The van der Waals surface area contributed by atoms with Crippen LogP contribution in [0.15, 0.2) is 17.0 Å². The molecule has 0 spiro atoms. The molecule has 0 radical (unpaired) electrons. The van der Waals surface area contributed by atoms with Gasteiger partial charge in [0, 0.05) is 30.4 Å². The molecule has 120 valence electrons. The summed E-state index contributed by atoms with van der Waals surface area (Å²) in [6, 6.07) is 2.04. The molecule has 1 aromatic rings. The molecule has 10 heteroatoms. The van der Waals surface area contributed by atoms with E-state index in [1.807, 2.05) is 0 Å². The van der Waals surface area contributed by atoms with E-state index in [1.54, 1.807) is 0 Å². The van der Waals surface area contributed by atoms with Crippen molar-refractivity contribution in [3.8, 4) is 0 Å². The smallest absolute Gasteiger partial charge is 0.245 e. The van der Waals surface area contributed by atoms with Gasteiger partial charge in [-0.25, -0.2) is 21.2 Å². The first-order valence-corrected chi connectivity index (χ1v) is 9.59. The molecule has 1 aromatic carbocycles. The van der Waals surface area contributed by atoms with Crippen LogP contribution in [0.4, 0.5) is 4.39 Å². The van der Waals surface area contributed by atoms with Crippen LogP contribution in [-0.2, 0) is 26.5 Å². The summed E-state index contributed by atoms with van der Waals surface area (Å²) >= 11 is 5.70. The Morgan fingerprint density at radius 2 is 1.86 bits per heavy atom. The molecular formula is C11H15ClFNO5S2. The van der Waals surface area contributed by atoms with Crippen molar-refractivity contribution in [2.24, 2.45) is 0 Å². The Bertz CT molecular complexity index is 733. The number of hydrogen-bond donors (Lipinski definition) is 1. The minimum absolute atomic E-state index is 0.0458. The highest BCUT2D eigenvalue weighted by atomic mass is 35.5. The average Bonchev–Trinajstić information content (AvgIpc) is 2.36. The SMILES string of the molecule is CN(CCS(C)(=O)=O)S(=O)(=O)c1cc(Cl)cc(CO)c1F. The van der Waals surface area contributed by atoms with Gasteiger partial charge in [-0.15, -0.1) is 0 Å². The number of aliphatic hydroxyl groups is 1. The Hall–Kier alpha value is -0.740. The molecular weight excluding hydrogens is 345 g/mol. The molecule has 0 atom stereocenters. The van der Waals surface area contributed by atoms with Crippen molar-refractivity contribution in [3.63, 3.8) is 0 Å². The monoisotopic (exact) mass is 359 g/mol. The molecule has 0 saturated heterocycles. The van der Waals surface area contributed by atoms with Crippen molar-refractivity contribution >= 4 is 31.5 Å². The molecule has 0 saturated carbocycles. The van der Waals surface area contributed by atoms with E-state index in [9.17, 15) is 21.2 Å². The van der Waals surface area contributed by atoms with E-state index in [2.05, 4.69) is 0 Å². The molecule has 0 aromatic heterocycles. The van der Waals surface area contributed by atoms with Crippen molar-refractivity contribution < 1.29 is 26.3 Å². The molecule has 0 fully saturated rings. The average molecular weight is 360 g/mol. The summed E-state index contributed by atoms with van der Waals surface area (Å²) in [6.45, 7) is -1.02. The van der Waals surface area contributed by atoms with Gasteiger partial charge in [0.15, 0.2) is 0 Å². The summed E-state index contributed by atoms with van der Waals surface area (Å²) in [6.07, 6.45) is 0.970. The number of hydrogen-bond acceptors (Lipinski definition) is 5. The third kappa shape index (κ3) is 4.62. The lowest BCUT2D eigenvalue weighted by atomic mass is 10.2. The second-order valence-electron chi connectivity index (χ2n) is 4.49. The van der Waals surface area contributed by atoms with Gasteiger partial charge in [-0.05, 0) is 12.1 Å². The number of halogens is 2. The third-order valence-electron chi connectivity index (χ3n) is 2.71. The zero-order valence-electron chi connectivity index (χ0n) is 11.4. The van der Waals surface area contributed by atoms with E-state index in [1.165, 1.54) is 0 Å². The van der Waals surface area contributed by atoms with Crippen LogP contribution in [0.25, 0.3) is 0 Å². The van der Waals surface area contributed by atoms with E-state index in [4.69, 9.17) is 16.7 Å². The lowest BCUT2D eigenvalue weighted by Crippen LogP contribution is -2.32. The Balaban J connectivity index is 3.22. The molecule has 0 aliphatic carbocycles. The molecule has 0 amide bonds. The first-order chi connectivity index (χ1) is 9.49. The molecule has 0 bridgehead atoms. The van der Waals surface area contributed by atoms with Crippen LogP contribution in [0.1, 0.15) is 5.56 Å². The molecule has 0 unspecified atom stereocenters. The molecule has 0 aliphatic rings. The Morgan fingerprint density at radius 1 is 1.29 bits per heavy atom. The second-order valence-corrected chi connectivity index (χ2v) is 9.20. The second kappa shape index (κ2) is 6.57. The van der Waals surface area contributed by atoms with Gasteiger partial charge in [0.25, 0.3) is 0 Å². The molecule has 6 nitrogen and oxygen atoms in total. The first kappa shape index (κ1) is 18.3. The van der Waals surface area contributed by atoms with Crippen LogP contribution in [-0.4, -0.2) is 51.8 Å². The van der Waals surface area contributed by atoms with Crippen LogP contribution < -0.4 is 0 Å². The van der Waals surface area contributed by atoms with E-state index in [0.717, 1.165) is 29.7 Å². The van der Waals surface area contributed by atoms with Gasteiger partial charge in [0.05, 0.1) is 12.4 Å². The van der Waals surface area contributed by atoms with Gasteiger partial charge in [-0.1, -0.05) is 11.6 Å². The summed E-state index contributed by atoms with van der Waals surface area (Å²) < 4.78 is 61.4. The maximum Gasteiger partial charge on any atom is 0.245 e. The summed E-state index contributed by atoms with van der Waals surface area (Å²) in [7, 11) is -6.47. The topological polar surface area (TPSA) is 91.8 Å². The van der Waals surface area contributed by atoms with Gasteiger partial charge in [-0.3, -0.25) is 0 Å². The highest BCUT2D eigenvalue weighted by molar-refractivity contribution is 7.91. The molecule has 0 aliphatic heterocycles. The molecule has 1 N–H and O–H groups in total. The standard InChI is InChI=1S/C11H15ClFNO5S2/c1-14(3-4-20(2,16)17)21(18,19)10-6-9(12)5-8(7-15)11(10)13/h5-6,15H,3-4,7H2,1-2H3. The Labute approximate surface area is 128 Å². The van der Waals surface area contributed by atoms with Gasteiger partial charge in [0.2, 0.25) is 10.0 Å². The van der Waals surface area contributed by atoms with Gasteiger partial charge in [-0.2, -0.15) is 4.31 Å². The van der Waals surface area contributed by atoms with Gasteiger partial charge >= 0.3 is 0 Å². The van der Waals surface area contributed by atoms with Crippen LogP contribution in [0.2, 0.25) is 5.02 Å². The van der Waals surface area contributed by atoms with Crippen LogP contribution in [0.3, 0.4) is 0 Å². The van der Waals surface area contributed by atoms with Gasteiger partial charge < -0.3 is 5.11 Å². The normalized spacial score (nSPS) is 12.9. The lowest BCUT2D eigenvalue weighted by Gasteiger charge is -2.18. The largest absolute Gasteiger partial charge is 0.392 e.